The Labute approximate surface area is 169 Å². The number of hydrogen-bond acceptors (Lipinski definition) is 6. The van der Waals surface area contributed by atoms with Gasteiger partial charge in [-0.25, -0.2) is 12.7 Å². The molecular weight excluding hydrogens is 394 g/mol. The first-order valence-corrected chi connectivity index (χ1v) is 10.5. The molecule has 0 saturated heterocycles. The van der Waals surface area contributed by atoms with Gasteiger partial charge in [-0.1, -0.05) is 35.2 Å². The van der Waals surface area contributed by atoms with E-state index in [1.165, 1.54) is 31.8 Å². The van der Waals surface area contributed by atoms with E-state index in [1.807, 2.05) is 30.3 Å². The number of nitrogens with zero attached hydrogens (tertiary/aromatic N) is 4. The molecular formula is C19H23N5O4S. The summed E-state index contributed by atoms with van der Waals surface area (Å²) in [6.45, 7) is 0.273. The zero-order valence-corrected chi connectivity index (χ0v) is 17.1. The molecule has 1 amide bonds. The highest BCUT2D eigenvalue weighted by atomic mass is 32.2. The minimum absolute atomic E-state index is 0.0903. The molecule has 0 aliphatic heterocycles. The van der Waals surface area contributed by atoms with E-state index < -0.39 is 10.0 Å². The van der Waals surface area contributed by atoms with Crippen LogP contribution in [-0.2, 0) is 21.2 Å². The number of benzene rings is 2. The van der Waals surface area contributed by atoms with E-state index in [0.29, 0.717) is 17.6 Å². The maximum Gasteiger partial charge on any atom is 0.260 e. The van der Waals surface area contributed by atoms with Gasteiger partial charge in [0.15, 0.2) is 6.61 Å². The summed E-state index contributed by atoms with van der Waals surface area (Å²) >= 11 is 0. The first-order valence-electron chi connectivity index (χ1n) is 9.10. The van der Waals surface area contributed by atoms with E-state index in [0.717, 1.165) is 22.0 Å². The summed E-state index contributed by atoms with van der Waals surface area (Å²) in [5.41, 5.74) is 2.05. The van der Waals surface area contributed by atoms with E-state index >= 15 is 0 Å². The van der Waals surface area contributed by atoms with Gasteiger partial charge >= 0.3 is 0 Å². The highest BCUT2D eigenvalue weighted by Gasteiger charge is 2.19. The van der Waals surface area contributed by atoms with Gasteiger partial charge in [0, 0.05) is 20.6 Å². The van der Waals surface area contributed by atoms with Crippen molar-refractivity contribution in [1.29, 1.82) is 0 Å². The predicted molar refractivity (Wildman–Crippen MR) is 108 cm³/mol. The lowest BCUT2D eigenvalue weighted by Crippen LogP contribution is -2.32. The van der Waals surface area contributed by atoms with Crippen molar-refractivity contribution in [3.63, 3.8) is 0 Å². The maximum absolute atomic E-state index is 12.3. The first-order chi connectivity index (χ1) is 13.9. The molecule has 0 radical (unpaired) electrons. The molecule has 0 atom stereocenters. The van der Waals surface area contributed by atoms with Gasteiger partial charge < -0.3 is 10.2 Å². The van der Waals surface area contributed by atoms with Crippen molar-refractivity contribution < 1.29 is 18.0 Å². The van der Waals surface area contributed by atoms with Crippen LogP contribution in [0.25, 0.3) is 11.0 Å². The molecule has 9 nitrogen and oxygen atoms in total. The van der Waals surface area contributed by atoms with Crippen LogP contribution in [0.4, 0.5) is 0 Å². The number of carbonyl (C=O) groups excluding carboxylic acids is 1. The Balaban J connectivity index is 1.55. The zero-order valence-electron chi connectivity index (χ0n) is 16.3. The number of hydrogen-bond donors (Lipinski definition) is 1. The van der Waals surface area contributed by atoms with Gasteiger partial charge in [-0.05, 0) is 41.8 Å². The molecule has 154 valence electrons. The van der Waals surface area contributed by atoms with Gasteiger partial charge in [0.25, 0.3) is 5.91 Å². The van der Waals surface area contributed by atoms with Gasteiger partial charge in [0.05, 0.1) is 4.90 Å². The quantitative estimate of drug-likeness (QED) is 0.518. The highest BCUT2D eigenvalue weighted by molar-refractivity contribution is 7.89. The zero-order chi connectivity index (χ0) is 20.9. The van der Waals surface area contributed by atoms with Crippen LogP contribution in [0.3, 0.4) is 0 Å². The summed E-state index contributed by atoms with van der Waals surface area (Å²) in [4.78, 5) is 18.5. The van der Waals surface area contributed by atoms with Crippen molar-refractivity contribution in [2.45, 2.75) is 17.7 Å². The number of sulfonamides is 1. The van der Waals surface area contributed by atoms with E-state index in [2.05, 4.69) is 15.6 Å². The lowest BCUT2D eigenvalue weighted by Gasteiger charge is -2.11. The minimum atomic E-state index is -3.60. The molecule has 10 heteroatoms. The van der Waals surface area contributed by atoms with E-state index in [-0.39, 0.29) is 17.4 Å². The number of nitrogens with one attached hydrogen (secondary N) is 1. The molecule has 1 aromatic heterocycles. The van der Waals surface area contributed by atoms with Crippen LogP contribution in [0.2, 0.25) is 0 Å². The van der Waals surface area contributed by atoms with Crippen molar-refractivity contribution in [3.05, 3.63) is 54.1 Å². The molecule has 0 spiro atoms. The van der Waals surface area contributed by atoms with E-state index in [1.54, 1.807) is 6.07 Å². The monoisotopic (exact) mass is 417 g/mol. The second-order valence-corrected chi connectivity index (χ2v) is 8.76. The standard InChI is InChI=1S/C19H23N5O4S/c1-23(2)29(26,27)16-10-11-17-18(13-16)24(22-21-17)28-14-19(25)20-12-6-9-15-7-4-3-5-8-15/h3-5,7-8,10-11,13H,6,9,12,14H2,1-2H3,(H,20,25). The Kier molecular flexibility index (Phi) is 6.45. The Hall–Kier alpha value is -2.98. The molecule has 3 aromatic rings. The largest absolute Gasteiger partial charge is 0.385 e. The Morgan fingerprint density at radius 3 is 2.66 bits per heavy atom. The Morgan fingerprint density at radius 1 is 1.17 bits per heavy atom. The van der Waals surface area contributed by atoms with E-state index in [4.69, 9.17) is 4.84 Å². The van der Waals surface area contributed by atoms with Gasteiger partial charge in [0.1, 0.15) is 11.0 Å². The topological polar surface area (TPSA) is 106 Å². The fraction of sp³-hybridized carbons (Fsp3) is 0.316. The third kappa shape index (κ3) is 5.09. The van der Waals surface area contributed by atoms with Crippen molar-refractivity contribution in [2.24, 2.45) is 0 Å². The molecule has 0 saturated carbocycles. The van der Waals surface area contributed by atoms with Crippen molar-refractivity contribution >= 4 is 27.0 Å². The average Bonchev–Trinajstić information content (AvgIpc) is 3.12. The predicted octanol–water partition coefficient (Wildman–Crippen LogP) is 0.859. The molecule has 1 N–H and O–H groups in total. The molecule has 0 unspecified atom stereocenters. The second kappa shape index (κ2) is 9.01. The number of aryl methyl sites for hydroxylation is 1. The number of amides is 1. The Bertz CT molecular complexity index is 1080. The highest BCUT2D eigenvalue weighted by Crippen LogP contribution is 2.18. The van der Waals surface area contributed by atoms with E-state index in [9.17, 15) is 13.2 Å². The molecule has 0 bridgehead atoms. The molecule has 0 aliphatic rings. The second-order valence-electron chi connectivity index (χ2n) is 6.61. The smallest absolute Gasteiger partial charge is 0.260 e. The Morgan fingerprint density at radius 2 is 1.93 bits per heavy atom. The van der Waals surface area contributed by atoms with Crippen molar-refractivity contribution in [1.82, 2.24) is 24.8 Å². The van der Waals surface area contributed by atoms with Crippen LogP contribution in [-0.4, -0.2) is 61.0 Å². The normalized spacial score (nSPS) is 11.7. The third-order valence-corrected chi connectivity index (χ3v) is 6.10. The van der Waals surface area contributed by atoms with Crippen molar-refractivity contribution in [2.75, 3.05) is 27.2 Å². The van der Waals surface area contributed by atoms with Crippen LogP contribution in [0, 0.1) is 0 Å². The molecule has 0 fully saturated rings. The number of aromatic nitrogens is 3. The van der Waals surface area contributed by atoms with Crippen molar-refractivity contribution in [3.8, 4) is 0 Å². The average molecular weight is 417 g/mol. The first kappa shape index (κ1) is 20.7. The molecule has 2 aromatic carbocycles. The summed E-state index contributed by atoms with van der Waals surface area (Å²) < 4.78 is 25.7. The number of rotatable bonds is 9. The molecule has 3 rings (SSSR count). The SMILES string of the molecule is CN(C)S(=O)(=O)c1ccc2nnn(OCC(=O)NCCCc3ccccc3)c2c1. The van der Waals surface area contributed by atoms with Crippen LogP contribution in [0.15, 0.2) is 53.4 Å². The summed E-state index contributed by atoms with van der Waals surface area (Å²) in [7, 11) is -0.698. The summed E-state index contributed by atoms with van der Waals surface area (Å²) in [5, 5.41) is 10.5. The van der Waals surface area contributed by atoms with Gasteiger partial charge in [-0.15, -0.1) is 5.10 Å². The number of carbonyl (C=O) groups is 1. The fourth-order valence-corrected chi connectivity index (χ4v) is 3.60. The van der Waals surface area contributed by atoms with Gasteiger partial charge in [0.2, 0.25) is 10.0 Å². The van der Waals surface area contributed by atoms with Crippen LogP contribution >= 0.6 is 0 Å². The third-order valence-electron chi connectivity index (χ3n) is 4.29. The minimum Gasteiger partial charge on any atom is -0.385 e. The number of fused-ring (bicyclic) bond motifs is 1. The molecule has 29 heavy (non-hydrogen) atoms. The van der Waals surface area contributed by atoms with Gasteiger partial charge in [-0.3, -0.25) is 4.79 Å². The summed E-state index contributed by atoms with van der Waals surface area (Å²) in [6, 6.07) is 14.5. The molecule has 1 heterocycles. The fourth-order valence-electron chi connectivity index (χ4n) is 2.68. The lowest BCUT2D eigenvalue weighted by atomic mass is 10.1. The van der Waals surface area contributed by atoms with Gasteiger partial charge in [-0.2, -0.15) is 0 Å². The van der Waals surface area contributed by atoms with Crippen LogP contribution in [0.1, 0.15) is 12.0 Å². The summed E-state index contributed by atoms with van der Waals surface area (Å²) in [5.74, 6) is -0.293. The van der Waals surface area contributed by atoms with Crippen LogP contribution in [0.5, 0.6) is 0 Å². The summed E-state index contributed by atoms with van der Waals surface area (Å²) in [6.07, 6.45) is 1.69. The molecule has 0 aliphatic carbocycles. The maximum atomic E-state index is 12.3. The van der Waals surface area contributed by atoms with Crippen LogP contribution < -0.4 is 10.2 Å². The lowest BCUT2D eigenvalue weighted by molar-refractivity contribution is -0.126.